The molecule has 3 aromatic rings. The van der Waals surface area contributed by atoms with E-state index >= 15 is 0 Å². The third-order valence-electron chi connectivity index (χ3n) is 4.87. The van der Waals surface area contributed by atoms with Crippen LogP contribution in [0.3, 0.4) is 0 Å². The van der Waals surface area contributed by atoms with E-state index in [-0.39, 0.29) is 5.78 Å². The van der Waals surface area contributed by atoms with Crippen LogP contribution in [-0.2, 0) is 11.4 Å². The van der Waals surface area contributed by atoms with Crippen molar-refractivity contribution in [1.29, 1.82) is 0 Å². The highest BCUT2D eigenvalue weighted by Gasteiger charge is 2.15. The number of hydrogen-bond acceptors (Lipinski definition) is 4. The van der Waals surface area contributed by atoms with Gasteiger partial charge in [-0.3, -0.25) is 4.79 Å². The maximum atomic E-state index is 13.1. The van der Waals surface area contributed by atoms with Gasteiger partial charge in [0.1, 0.15) is 12.3 Å². The summed E-state index contributed by atoms with van der Waals surface area (Å²) in [6, 6.07) is 27.8. The number of Topliss-reactive ketones (excluding diaryl/α,β-unsaturated/α-hetero) is 1. The van der Waals surface area contributed by atoms with Gasteiger partial charge in [-0.2, -0.15) is 0 Å². The van der Waals surface area contributed by atoms with Crippen LogP contribution in [0.15, 0.2) is 99.9 Å². The van der Waals surface area contributed by atoms with Gasteiger partial charge < -0.3 is 4.84 Å². The van der Waals surface area contributed by atoms with Crippen molar-refractivity contribution in [2.45, 2.75) is 55.4 Å². The number of unbranched alkanes of at least 4 members (excludes halogenated alkanes) is 3. The van der Waals surface area contributed by atoms with E-state index in [9.17, 15) is 4.79 Å². The minimum atomic E-state index is -0.0548. The molecule has 0 atom stereocenters. The van der Waals surface area contributed by atoms with Crippen LogP contribution in [0, 0.1) is 0 Å². The molecule has 0 fully saturated rings. The van der Waals surface area contributed by atoms with E-state index in [1.54, 1.807) is 11.8 Å². The summed E-state index contributed by atoms with van der Waals surface area (Å²) >= 11 is 1.68. The Hall–Kier alpha value is -2.85. The molecule has 3 aromatic carbocycles. The molecule has 4 heteroatoms. The number of carbonyl (C=O) groups is 1. The fraction of sp³-hybridized carbons (Fsp3) is 0.259. The highest BCUT2D eigenvalue weighted by molar-refractivity contribution is 7.99. The van der Waals surface area contributed by atoms with Crippen molar-refractivity contribution in [2.75, 3.05) is 0 Å². The molecule has 0 saturated carbocycles. The van der Waals surface area contributed by atoms with Crippen LogP contribution in [0.4, 0.5) is 0 Å². The molecule has 160 valence electrons. The van der Waals surface area contributed by atoms with E-state index in [1.165, 1.54) is 4.90 Å². The molecule has 0 aliphatic rings. The van der Waals surface area contributed by atoms with Crippen molar-refractivity contribution < 1.29 is 9.63 Å². The molecule has 0 heterocycles. The zero-order valence-electron chi connectivity index (χ0n) is 18.0. The maximum absolute atomic E-state index is 13.1. The number of rotatable bonds is 12. The molecule has 0 aliphatic carbocycles. The molecule has 0 unspecified atom stereocenters. The molecule has 0 amide bonds. The van der Waals surface area contributed by atoms with Gasteiger partial charge in [-0.05, 0) is 54.8 Å². The van der Waals surface area contributed by atoms with E-state index < -0.39 is 0 Å². The van der Waals surface area contributed by atoms with Gasteiger partial charge in [-0.25, -0.2) is 0 Å². The summed E-state index contributed by atoms with van der Waals surface area (Å²) in [5, 5.41) is 4.25. The second kappa shape index (κ2) is 12.8. The predicted molar refractivity (Wildman–Crippen MR) is 129 cm³/mol. The Balaban J connectivity index is 1.66. The first kappa shape index (κ1) is 22.8. The van der Waals surface area contributed by atoms with E-state index in [0.29, 0.717) is 24.3 Å². The first-order valence-corrected chi connectivity index (χ1v) is 11.7. The van der Waals surface area contributed by atoms with Gasteiger partial charge in [-0.15, -0.1) is 0 Å². The van der Waals surface area contributed by atoms with Crippen LogP contribution in [0.1, 0.15) is 54.9 Å². The molecule has 0 aliphatic heterocycles. The van der Waals surface area contributed by atoms with Gasteiger partial charge in [0.2, 0.25) is 5.78 Å². The predicted octanol–water partition coefficient (Wildman–Crippen LogP) is 7.56. The fourth-order valence-electron chi connectivity index (χ4n) is 3.14. The van der Waals surface area contributed by atoms with Gasteiger partial charge in [0, 0.05) is 15.4 Å². The summed E-state index contributed by atoms with van der Waals surface area (Å²) in [5.41, 5.74) is 2.18. The second-order valence-electron chi connectivity index (χ2n) is 7.38. The van der Waals surface area contributed by atoms with Gasteiger partial charge in [0.25, 0.3) is 0 Å². The number of carbonyl (C=O) groups excluding carboxylic acids is 1. The monoisotopic (exact) mass is 431 g/mol. The van der Waals surface area contributed by atoms with Crippen LogP contribution in [0.25, 0.3) is 0 Å². The van der Waals surface area contributed by atoms with Crippen molar-refractivity contribution in [1.82, 2.24) is 0 Å². The van der Waals surface area contributed by atoms with Crippen molar-refractivity contribution in [2.24, 2.45) is 5.16 Å². The summed E-state index contributed by atoms with van der Waals surface area (Å²) in [6.07, 6.45) is 4.99. The summed E-state index contributed by atoms with van der Waals surface area (Å²) in [7, 11) is 0. The zero-order chi connectivity index (χ0) is 21.7. The molecular weight excluding hydrogens is 402 g/mol. The topological polar surface area (TPSA) is 38.7 Å². The van der Waals surface area contributed by atoms with Crippen LogP contribution in [0.2, 0.25) is 0 Å². The maximum Gasteiger partial charge on any atom is 0.210 e. The Bertz CT molecular complexity index is 954. The van der Waals surface area contributed by atoms with E-state index in [1.807, 2.05) is 72.8 Å². The molecule has 0 bridgehead atoms. The van der Waals surface area contributed by atoms with Crippen LogP contribution >= 0.6 is 11.8 Å². The smallest absolute Gasteiger partial charge is 0.210 e. The fourth-order valence-corrected chi connectivity index (χ4v) is 3.98. The second-order valence-corrected chi connectivity index (χ2v) is 8.52. The van der Waals surface area contributed by atoms with Crippen LogP contribution in [0.5, 0.6) is 0 Å². The zero-order valence-corrected chi connectivity index (χ0v) is 18.8. The van der Waals surface area contributed by atoms with Crippen LogP contribution < -0.4 is 0 Å². The highest BCUT2D eigenvalue weighted by atomic mass is 32.2. The SMILES string of the molecule is CCCCCC/C(=N/OCc1ccccc1)C(=O)c1ccc(Sc2ccccc2)cc1. The normalized spacial score (nSPS) is 11.3. The van der Waals surface area contributed by atoms with Gasteiger partial charge in [0.05, 0.1) is 0 Å². The lowest BCUT2D eigenvalue weighted by atomic mass is 10.0. The third kappa shape index (κ3) is 7.72. The minimum absolute atomic E-state index is 0.0548. The highest BCUT2D eigenvalue weighted by Crippen LogP contribution is 2.27. The van der Waals surface area contributed by atoms with E-state index in [0.717, 1.165) is 36.1 Å². The molecule has 31 heavy (non-hydrogen) atoms. The summed E-state index contributed by atoms with van der Waals surface area (Å²) < 4.78 is 0. The Morgan fingerprint density at radius 3 is 2.13 bits per heavy atom. The average molecular weight is 432 g/mol. The average Bonchev–Trinajstić information content (AvgIpc) is 2.82. The molecular formula is C27H29NO2S. The standard InChI is InChI=1S/C27H29NO2S/c1-2-3-4-11-16-26(28-30-21-22-12-7-5-8-13-22)27(29)23-17-19-25(20-18-23)31-24-14-9-6-10-15-24/h5-10,12-15,17-20H,2-4,11,16,21H2,1H3/b28-26-. The molecule has 0 N–H and O–H groups in total. The molecule has 0 aromatic heterocycles. The third-order valence-corrected chi connectivity index (χ3v) is 5.89. The van der Waals surface area contributed by atoms with E-state index in [4.69, 9.17) is 4.84 Å². The quantitative estimate of drug-likeness (QED) is 0.128. The van der Waals surface area contributed by atoms with Crippen molar-refractivity contribution in [3.05, 3.63) is 96.1 Å². The van der Waals surface area contributed by atoms with Gasteiger partial charge in [0.15, 0.2) is 0 Å². The van der Waals surface area contributed by atoms with E-state index in [2.05, 4.69) is 24.2 Å². The van der Waals surface area contributed by atoms with Crippen LogP contribution in [-0.4, -0.2) is 11.5 Å². The van der Waals surface area contributed by atoms with Crippen molar-refractivity contribution in [3.63, 3.8) is 0 Å². The first-order valence-electron chi connectivity index (χ1n) is 10.9. The largest absolute Gasteiger partial charge is 0.391 e. The number of ketones is 1. The molecule has 0 radical (unpaired) electrons. The summed E-state index contributed by atoms with van der Waals surface area (Å²) in [6.45, 7) is 2.54. The minimum Gasteiger partial charge on any atom is -0.391 e. The van der Waals surface area contributed by atoms with Crippen molar-refractivity contribution >= 4 is 23.3 Å². The van der Waals surface area contributed by atoms with Gasteiger partial charge >= 0.3 is 0 Å². The molecule has 3 rings (SSSR count). The Kier molecular flexibility index (Phi) is 9.39. The molecule has 0 saturated heterocycles. The van der Waals surface area contributed by atoms with Crippen molar-refractivity contribution in [3.8, 4) is 0 Å². The first-order chi connectivity index (χ1) is 15.3. The lowest BCUT2D eigenvalue weighted by Gasteiger charge is -2.08. The Morgan fingerprint density at radius 1 is 0.806 bits per heavy atom. The number of oxime groups is 1. The lowest BCUT2D eigenvalue weighted by molar-refractivity contribution is 0.103. The number of benzene rings is 3. The van der Waals surface area contributed by atoms with Gasteiger partial charge in [-0.1, -0.05) is 91.6 Å². The number of hydrogen-bond donors (Lipinski definition) is 0. The summed E-state index contributed by atoms with van der Waals surface area (Å²) in [4.78, 5) is 20.9. The Labute approximate surface area is 189 Å². The Morgan fingerprint density at radius 2 is 1.45 bits per heavy atom. The summed E-state index contributed by atoms with van der Waals surface area (Å²) in [5.74, 6) is -0.0548. The molecule has 0 spiro atoms. The number of nitrogens with zero attached hydrogens (tertiary/aromatic N) is 1. The molecule has 3 nitrogen and oxygen atoms in total. The lowest BCUT2D eigenvalue weighted by Crippen LogP contribution is -2.15.